The molecule has 0 spiro atoms. The van der Waals surface area contributed by atoms with Crippen LogP contribution in [-0.2, 0) is 40.4 Å². The van der Waals surface area contributed by atoms with E-state index in [0.29, 0.717) is 35.8 Å². The van der Waals surface area contributed by atoms with Gasteiger partial charge in [-0.2, -0.15) is 0 Å². The smallest absolute Gasteiger partial charge is 0.324 e. The summed E-state index contributed by atoms with van der Waals surface area (Å²) in [6.45, 7) is 5.60. The molecular formula is C29H37N5O8S. The van der Waals surface area contributed by atoms with Gasteiger partial charge in [0.1, 0.15) is 17.6 Å². The first kappa shape index (κ1) is 30.7. The Morgan fingerprint density at radius 3 is 2.70 bits per heavy atom. The van der Waals surface area contributed by atoms with E-state index in [1.165, 1.54) is 6.20 Å². The zero-order valence-electron chi connectivity index (χ0n) is 24.4. The van der Waals surface area contributed by atoms with Crippen LogP contribution >= 0.6 is 0 Å². The van der Waals surface area contributed by atoms with Crippen LogP contribution in [0.4, 0.5) is 11.6 Å². The molecule has 4 N–H and O–H groups in total. The third-order valence-corrected chi connectivity index (χ3v) is 10.7. The minimum absolute atomic E-state index is 0.0261. The number of hydrogen-bond donors (Lipinski definition) is 4. The molecule has 13 nitrogen and oxygen atoms in total. The number of rotatable bonds is 12. The maximum atomic E-state index is 13.4. The fraction of sp³-hybridized carbons (Fsp3) is 0.552. The Hall–Kier alpha value is -3.78. The molecule has 5 rings (SSSR count). The summed E-state index contributed by atoms with van der Waals surface area (Å²) in [7, 11) is -4.06. The van der Waals surface area contributed by atoms with Gasteiger partial charge < -0.3 is 19.8 Å². The monoisotopic (exact) mass is 615 g/mol. The van der Waals surface area contributed by atoms with Gasteiger partial charge in [0, 0.05) is 37.1 Å². The summed E-state index contributed by atoms with van der Waals surface area (Å²) < 4.78 is 40.4. The van der Waals surface area contributed by atoms with Crippen LogP contribution in [0.2, 0.25) is 0 Å². The summed E-state index contributed by atoms with van der Waals surface area (Å²) in [5.41, 5.74) is -0.517. The summed E-state index contributed by atoms with van der Waals surface area (Å²) in [5.74, 6) is -1.07. The first-order valence-corrected chi connectivity index (χ1v) is 16.1. The number of fused-ring (bicyclic) bond motifs is 3. The molecule has 0 saturated heterocycles. The number of hydrogen-bond acceptors (Lipinski definition) is 9. The fourth-order valence-corrected chi connectivity index (χ4v) is 8.67. The van der Waals surface area contributed by atoms with Gasteiger partial charge in [0.2, 0.25) is 21.9 Å². The first-order chi connectivity index (χ1) is 20.3. The van der Waals surface area contributed by atoms with Gasteiger partial charge in [-0.3, -0.25) is 24.5 Å². The quantitative estimate of drug-likeness (QED) is 0.260. The van der Waals surface area contributed by atoms with Crippen molar-refractivity contribution in [3.05, 3.63) is 36.2 Å². The number of imidazole rings is 1. The Balaban J connectivity index is 1.25. The number of Topliss-reactive ketones (excluding diaryl/α,β-unsaturated/α-hetero) is 1. The maximum absolute atomic E-state index is 13.4. The van der Waals surface area contributed by atoms with E-state index in [4.69, 9.17) is 9.47 Å². The second kappa shape index (κ2) is 11.7. The molecule has 14 heteroatoms. The van der Waals surface area contributed by atoms with Gasteiger partial charge in [-0.25, -0.2) is 18.1 Å². The minimum atomic E-state index is -4.06. The summed E-state index contributed by atoms with van der Waals surface area (Å²) in [4.78, 5) is 57.4. The van der Waals surface area contributed by atoms with E-state index in [0.717, 1.165) is 6.42 Å². The predicted molar refractivity (Wildman–Crippen MR) is 156 cm³/mol. The molecular weight excluding hydrogens is 578 g/mol. The van der Waals surface area contributed by atoms with Crippen molar-refractivity contribution < 1.29 is 37.1 Å². The SMILES string of the molecule is CCOC(=O)[C@H](Cc1ccc2c(c1)NC(=O)[C@@H](CCC(=O)Nc1ncc[nH]1)O2)NS(=O)(=O)C[C@@]12CCC(CC1=O)C2(C)C. The van der Waals surface area contributed by atoms with Crippen LogP contribution in [0, 0.1) is 16.7 Å². The second-order valence-corrected chi connectivity index (χ2v) is 13.8. The summed E-state index contributed by atoms with van der Waals surface area (Å²) in [6, 6.07) is 3.66. The Bertz CT molecular complexity index is 1520. The molecule has 2 heterocycles. The number of amides is 2. The van der Waals surface area contributed by atoms with Gasteiger partial charge in [-0.05, 0) is 55.2 Å². The van der Waals surface area contributed by atoms with E-state index in [1.807, 2.05) is 13.8 Å². The molecule has 3 aliphatic rings. The van der Waals surface area contributed by atoms with Gasteiger partial charge in [0.25, 0.3) is 5.91 Å². The number of esters is 1. The summed E-state index contributed by atoms with van der Waals surface area (Å²) >= 11 is 0. The molecule has 0 radical (unpaired) electrons. The third kappa shape index (κ3) is 6.16. The van der Waals surface area contributed by atoms with Crippen molar-refractivity contribution in [1.29, 1.82) is 0 Å². The Morgan fingerprint density at radius 1 is 1.26 bits per heavy atom. The molecule has 1 aromatic heterocycles. The van der Waals surface area contributed by atoms with Gasteiger partial charge in [0.05, 0.1) is 18.0 Å². The van der Waals surface area contributed by atoms with E-state index in [1.54, 1.807) is 31.3 Å². The molecule has 232 valence electrons. The highest BCUT2D eigenvalue weighted by atomic mass is 32.2. The number of aromatic nitrogens is 2. The zero-order valence-corrected chi connectivity index (χ0v) is 25.2. The lowest BCUT2D eigenvalue weighted by molar-refractivity contribution is -0.145. The molecule has 2 bridgehead atoms. The van der Waals surface area contributed by atoms with Gasteiger partial charge in [-0.1, -0.05) is 19.9 Å². The number of sulfonamides is 1. The van der Waals surface area contributed by atoms with Crippen molar-refractivity contribution in [1.82, 2.24) is 14.7 Å². The lowest BCUT2D eigenvalue weighted by Crippen LogP contribution is -2.50. The molecule has 4 atom stereocenters. The van der Waals surface area contributed by atoms with Crippen molar-refractivity contribution in [3.8, 4) is 5.75 Å². The lowest BCUT2D eigenvalue weighted by atomic mass is 9.70. The van der Waals surface area contributed by atoms with Gasteiger partial charge >= 0.3 is 5.97 Å². The van der Waals surface area contributed by atoms with Crippen LogP contribution < -0.4 is 20.1 Å². The van der Waals surface area contributed by atoms with E-state index in [9.17, 15) is 27.6 Å². The highest BCUT2D eigenvalue weighted by molar-refractivity contribution is 7.89. The van der Waals surface area contributed by atoms with Crippen LogP contribution in [0.15, 0.2) is 30.6 Å². The Morgan fingerprint density at radius 2 is 2.05 bits per heavy atom. The van der Waals surface area contributed by atoms with Crippen LogP contribution in [0.5, 0.6) is 5.75 Å². The number of H-pyrrole nitrogens is 1. The number of benzene rings is 1. The highest BCUT2D eigenvalue weighted by Gasteiger charge is 2.65. The molecule has 2 saturated carbocycles. The maximum Gasteiger partial charge on any atom is 0.324 e. The topological polar surface area (TPSA) is 186 Å². The molecule has 1 aromatic carbocycles. The zero-order chi connectivity index (χ0) is 31.0. The molecule has 1 aliphatic heterocycles. The van der Waals surface area contributed by atoms with Crippen molar-refractivity contribution in [2.24, 2.45) is 16.7 Å². The Labute approximate surface area is 249 Å². The summed E-state index contributed by atoms with van der Waals surface area (Å²) in [5, 5.41) is 5.36. The van der Waals surface area contributed by atoms with Gasteiger partial charge in [-0.15, -0.1) is 0 Å². The number of ether oxygens (including phenoxy) is 2. The van der Waals surface area contributed by atoms with E-state index < -0.39 is 44.9 Å². The van der Waals surface area contributed by atoms with Crippen LogP contribution in [0.25, 0.3) is 0 Å². The second-order valence-electron chi connectivity index (χ2n) is 12.0. The standard InChI is InChI=1S/C29H37N5O8S/c1-4-41-26(38)20(34-43(39,40)16-29-10-9-18(15-23(29)35)28(29,2)3)14-17-5-6-21-19(13-17)32-25(37)22(42-21)7-8-24(36)33-27-30-11-12-31-27/h5-6,11-13,18,20,22,34H,4,7-10,14-16H2,1-3H3,(H,32,37)(H2,30,31,33,36)/t18?,20-,22+,29-/m0/s1. The number of ketones is 1. The number of anilines is 2. The average molecular weight is 616 g/mol. The molecule has 2 aliphatic carbocycles. The minimum Gasteiger partial charge on any atom is -0.478 e. The number of nitrogens with zero attached hydrogens (tertiary/aromatic N) is 1. The fourth-order valence-electron chi connectivity index (χ4n) is 6.65. The molecule has 2 aromatic rings. The van der Waals surface area contributed by atoms with Crippen molar-refractivity contribution >= 4 is 45.2 Å². The van der Waals surface area contributed by atoms with Crippen LogP contribution in [0.1, 0.15) is 58.4 Å². The van der Waals surface area contributed by atoms with E-state index in [-0.39, 0.29) is 49.2 Å². The first-order valence-electron chi connectivity index (χ1n) is 14.4. The average Bonchev–Trinajstić information content (AvgIpc) is 3.57. The third-order valence-electron chi connectivity index (χ3n) is 9.16. The van der Waals surface area contributed by atoms with E-state index >= 15 is 0 Å². The van der Waals surface area contributed by atoms with Gasteiger partial charge in [0.15, 0.2) is 6.10 Å². The van der Waals surface area contributed by atoms with Crippen molar-refractivity contribution in [3.63, 3.8) is 0 Å². The highest BCUT2D eigenvalue weighted by Crippen LogP contribution is 2.64. The molecule has 2 fully saturated rings. The number of aromatic amines is 1. The lowest BCUT2D eigenvalue weighted by Gasteiger charge is -2.36. The summed E-state index contributed by atoms with van der Waals surface area (Å²) in [6.07, 6.45) is 3.99. The van der Waals surface area contributed by atoms with Crippen LogP contribution in [-0.4, -0.2) is 66.5 Å². The number of nitrogens with one attached hydrogen (secondary N) is 4. The van der Waals surface area contributed by atoms with Crippen LogP contribution in [0.3, 0.4) is 0 Å². The molecule has 2 amide bonds. The van der Waals surface area contributed by atoms with E-state index in [2.05, 4.69) is 25.3 Å². The predicted octanol–water partition coefficient (Wildman–Crippen LogP) is 2.32. The van der Waals surface area contributed by atoms with Crippen molar-refractivity contribution in [2.75, 3.05) is 23.0 Å². The Kier molecular flexibility index (Phi) is 8.36. The number of carbonyl (C=O) groups is 4. The largest absolute Gasteiger partial charge is 0.478 e. The molecule has 43 heavy (non-hydrogen) atoms. The number of carbonyl (C=O) groups excluding carboxylic acids is 4. The normalized spacial score (nSPS) is 24.5. The van der Waals surface area contributed by atoms with Crippen molar-refractivity contribution in [2.45, 2.75) is 71.4 Å². The molecule has 1 unspecified atom stereocenters.